The number of rotatable bonds is 10. The quantitative estimate of drug-likeness (QED) is 0.394. The summed E-state index contributed by atoms with van der Waals surface area (Å²) in [6, 6.07) is 21.5. The van der Waals surface area contributed by atoms with Gasteiger partial charge in [0.1, 0.15) is 0 Å². The highest BCUT2D eigenvalue weighted by Crippen LogP contribution is 2.27. The minimum Gasteiger partial charge on any atom is -0.450 e. The standard InChI is InChI=1S/C28H35N3O4S/c1-2-35-28(32)31-19-16-24(17-20-31)30-36(33,34)27-15-14-23(25-12-6-7-13-26(25)27)21-29-18-8-11-22-9-4-3-5-10-22/h3-7,9-10,12-15,24,29-30H,2,8,11,16-21H2,1H3. The lowest BCUT2D eigenvalue weighted by molar-refractivity contribution is 0.0966. The fourth-order valence-electron chi connectivity index (χ4n) is 4.69. The fraction of sp³-hybridized carbons (Fsp3) is 0.393. The molecule has 4 rings (SSSR count). The molecule has 0 atom stereocenters. The zero-order chi connectivity index (χ0) is 25.4. The Kier molecular flexibility index (Phi) is 8.96. The van der Waals surface area contributed by atoms with Gasteiger partial charge in [-0.3, -0.25) is 0 Å². The molecule has 0 spiro atoms. The number of sulfonamides is 1. The first-order valence-corrected chi connectivity index (χ1v) is 14.2. The molecule has 1 heterocycles. The zero-order valence-corrected chi connectivity index (χ0v) is 21.6. The number of hydrogen-bond acceptors (Lipinski definition) is 5. The Hall–Kier alpha value is -2.94. The third-order valence-corrected chi connectivity index (χ3v) is 8.16. The first kappa shape index (κ1) is 26.1. The molecule has 7 nitrogen and oxygen atoms in total. The lowest BCUT2D eigenvalue weighted by Crippen LogP contribution is -2.46. The Morgan fingerprint density at radius 1 is 0.972 bits per heavy atom. The SMILES string of the molecule is CCOC(=O)N1CCC(NS(=O)(=O)c2ccc(CNCCCc3ccccc3)c3ccccc23)CC1. The Balaban J connectivity index is 1.38. The van der Waals surface area contributed by atoms with Crippen LogP contribution >= 0.6 is 0 Å². The normalized spacial score (nSPS) is 14.8. The largest absolute Gasteiger partial charge is 0.450 e. The summed E-state index contributed by atoms with van der Waals surface area (Å²) in [5, 5.41) is 5.16. The Labute approximate surface area is 213 Å². The van der Waals surface area contributed by atoms with E-state index in [1.165, 1.54) is 5.56 Å². The van der Waals surface area contributed by atoms with Crippen molar-refractivity contribution in [1.82, 2.24) is 14.9 Å². The molecule has 36 heavy (non-hydrogen) atoms. The molecule has 1 fully saturated rings. The molecule has 1 aliphatic rings. The summed E-state index contributed by atoms with van der Waals surface area (Å²) in [4.78, 5) is 13.8. The number of aryl methyl sites for hydroxylation is 1. The second-order valence-corrected chi connectivity index (χ2v) is 10.8. The highest BCUT2D eigenvalue weighted by molar-refractivity contribution is 7.89. The molecule has 8 heteroatoms. The van der Waals surface area contributed by atoms with E-state index in [4.69, 9.17) is 4.74 Å². The number of fused-ring (bicyclic) bond motifs is 1. The van der Waals surface area contributed by atoms with E-state index in [1.807, 2.05) is 36.4 Å². The van der Waals surface area contributed by atoms with Crippen LogP contribution in [0.3, 0.4) is 0 Å². The van der Waals surface area contributed by atoms with Crippen LogP contribution in [0, 0.1) is 0 Å². The van der Waals surface area contributed by atoms with Gasteiger partial charge >= 0.3 is 6.09 Å². The van der Waals surface area contributed by atoms with E-state index in [0.29, 0.717) is 44.0 Å². The number of carbonyl (C=O) groups excluding carboxylic acids is 1. The number of ether oxygens (including phenoxy) is 1. The summed E-state index contributed by atoms with van der Waals surface area (Å²) in [5.74, 6) is 0. The maximum absolute atomic E-state index is 13.3. The van der Waals surface area contributed by atoms with Crippen LogP contribution in [0.2, 0.25) is 0 Å². The number of nitrogens with one attached hydrogen (secondary N) is 2. The van der Waals surface area contributed by atoms with E-state index in [1.54, 1.807) is 17.9 Å². The van der Waals surface area contributed by atoms with Gasteiger partial charge in [0.05, 0.1) is 11.5 Å². The molecule has 0 bridgehead atoms. The molecule has 2 N–H and O–H groups in total. The van der Waals surface area contributed by atoms with Crippen LogP contribution in [0.1, 0.15) is 37.3 Å². The van der Waals surface area contributed by atoms with Gasteiger partial charge < -0.3 is 15.0 Å². The molecule has 192 valence electrons. The Morgan fingerprint density at radius 3 is 2.39 bits per heavy atom. The summed E-state index contributed by atoms with van der Waals surface area (Å²) in [6.07, 6.45) is 2.83. The molecule has 1 saturated heterocycles. The van der Waals surface area contributed by atoms with Crippen LogP contribution in [0.5, 0.6) is 0 Å². The third kappa shape index (κ3) is 6.63. The van der Waals surface area contributed by atoms with Crippen LogP contribution in [0.15, 0.2) is 71.6 Å². The van der Waals surface area contributed by atoms with Crippen LogP contribution in [-0.4, -0.2) is 51.7 Å². The molecule has 0 radical (unpaired) electrons. The molecule has 1 aliphatic heterocycles. The second-order valence-electron chi connectivity index (χ2n) is 9.12. The van der Waals surface area contributed by atoms with Crippen molar-refractivity contribution in [2.45, 2.75) is 50.1 Å². The second kappa shape index (κ2) is 12.3. The van der Waals surface area contributed by atoms with Gasteiger partial charge in [-0.1, -0.05) is 60.7 Å². The van der Waals surface area contributed by atoms with Gasteiger partial charge in [0.2, 0.25) is 10.0 Å². The minimum atomic E-state index is -3.72. The number of amides is 1. The monoisotopic (exact) mass is 509 g/mol. The average molecular weight is 510 g/mol. The molecular weight excluding hydrogens is 474 g/mol. The summed E-state index contributed by atoms with van der Waals surface area (Å²) >= 11 is 0. The average Bonchev–Trinajstić information content (AvgIpc) is 2.89. The van der Waals surface area contributed by atoms with Crippen LogP contribution in [-0.2, 0) is 27.7 Å². The topological polar surface area (TPSA) is 87.7 Å². The van der Waals surface area contributed by atoms with Gasteiger partial charge in [0, 0.05) is 31.1 Å². The van der Waals surface area contributed by atoms with E-state index in [0.717, 1.165) is 35.7 Å². The Bertz CT molecular complexity index is 1260. The number of benzene rings is 3. The van der Waals surface area contributed by atoms with Gasteiger partial charge in [-0.25, -0.2) is 17.9 Å². The van der Waals surface area contributed by atoms with Crippen molar-refractivity contribution in [3.05, 3.63) is 77.9 Å². The smallest absolute Gasteiger partial charge is 0.409 e. The van der Waals surface area contributed by atoms with Gasteiger partial charge in [0.15, 0.2) is 0 Å². The van der Waals surface area contributed by atoms with E-state index >= 15 is 0 Å². The number of piperidine rings is 1. The van der Waals surface area contributed by atoms with E-state index in [2.05, 4.69) is 34.3 Å². The molecule has 0 saturated carbocycles. The third-order valence-electron chi connectivity index (χ3n) is 6.58. The Morgan fingerprint density at radius 2 is 1.67 bits per heavy atom. The van der Waals surface area contributed by atoms with E-state index in [9.17, 15) is 13.2 Å². The van der Waals surface area contributed by atoms with E-state index < -0.39 is 10.0 Å². The highest BCUT2D eigenvalue weighted by Gasteiger charge is 2.28. The number of carbonyl (C=O) groups is 1. The number of hydrogen-bond donors (Lipinski definition) is 2. The van der Waals surface area contributed by atoms with E-state index in [-0.39, 0.29) is 12.1 Å². The summed E-state index contributed by atoms with van der Waals surface area (Å²) in [6.45, 7) is 4.61. The molecule has 0 aromatic heterocycles. The summed E-state index contributed by atoms with van der Waals surface area (Å²) in [5.41, 5.74) is 2.41. The molecule has 1 amide bonds. The summed E-state index contributed by atoms with van der Waals surface area (Å²) < 4.78 is 34.6. The maximum atomic E-state index is 13.3. The van der Waals surface area contributed by atoms with Crippen molar-refractivity contribution in [2.75, 3.05) is 26.2 Å². The molecular formula is C28H35N3O4S. The molecule has 0 unspecified atom stereocenters. The predicted molar refractivity (Wildman–Crippen MR) is 142 cm³/mol. The lowest BCUT2D eigenvalue weighted by atomic mass is 10.0. The van der Waals surface area contributed by atoms with Crippen LogP contribution in [0.25, 0.3) is 10.8 Å². The first-order valence-electron chi connectivity index (χ1n) is 12.7. The molecule has 0 aliphatic carbocycles. The van der Waals surface area contributed by atoms with Crippen LogP contribution < -0.4 is 10.0 Å². The van der Waals surface area contributed by atoms with Gasteiger partial charge in [-0.05, 0) is 61.7 Å². The van der Waals surface area contributed by atoms with Crippen molar-refractivity contribution in [3.8, 4) is 0 Å². The predicted octanol–water partition coefficient (Wildman–Crippen LogP) is 4.46. The fourth-order valence-corrected chi connectivity index (χ4v) is 6.20. The molecule has 3 aromatic rings. The van der Waals surface area contributed by atoms with Crippen LogP contribution in [0.4, 0.5) is 4.79 Å². The highest BCUT2D eigenvalue weighted by atomic mass is 32.2. The molecule has 3 aromatic carbocycles. The van der Waals surface area contributed by atoms with Gasteiger partial charge in [-0.15, -0.1) is 0 Å². The van der Waals surface area contributed by atoms with Crippen molar-refractivity contribution >= 4 is 26.9 Å². The van der Waals surface area contributed by atoms with Crippen molar-refractivity contribution in [2.24, 2.45) is 0 Å². The van der Waals surface area contributed by atoms with Crippen molar-refractivity contribution in [1.29, 1.82) is 0 Å². The van der Waals surface area contributed by atoms with Crippen molar-refractivity contribution in [3.63, 3.8) is 0 Å². The lowest BCUT2D eigenvalue weighted by Gasteiger charge is -2.31. The maximum Gasteiger partial charge on any atom is 0.409 e. The number of nitrogens with zero attached hydrogens (tertiary/aromatic N) is 1. The first-order chi connectivity index (χ1) is 17.5. The van der Waals surface area contributed by atoms with Gasteiger partial charge in [-0.2, -0.15) is 0 Å². The number of likely N-dealkylation sites (tertiary alicyclic amines) is 1. The minimum absolute atomic E-state index is 0.217. The summed E-state index contributed by atoms with van der Waals surface area (Å²) in [7, 11) is -3.72. The zero-order valence-electron chi connectivity index (χ0n) is 20.8. The van der Waals surface area contributed by atoms with Gasteiger partial charge in [0.25, 0.3) is 0 Å². The van der Waals surface area contributed by atoms with Crippen molar-refractivity contribution < 1.29 is 17.9 Å².